The van der Waals surface area contributed by atoms with Gasteiger partial charge >= 0.3 is 0 Å². The number of ether oxygens (including phenoxy) is 1. The zero-order chi connectivity index (χ0) is 11.7. The maximum Gasteiger partial charge on any atom is 0.0697 e. The molecule has 2 nitrogen and oxygen atoms in total. The fourth-order valence-corrected chi connectivity index (χ4v) is 3.79. The summed E-state index contributed by atoms with van der Waals surface area (Å²) in [5.41, 5.74) is 0.265. The van der Waals surface area contributed by atoms with Crippen LogP contribution in [0.15, 0.2) is 12.1 Å². The van der Waals surface area contributed by atoms with E-state index in [1.165, 1.54) is 41.9 Å². The van der Waals surface area contributed by atoms with Crippen molar-refractivity contribution in [1.29, 1.82) is 0 Å². The molecule has 1 spiro atoms. The largest absolute Gasteiger partial charge is 0.375 e. The van der Waals surface area contributed by atoms with Gasteiger partial charge in [0.1, 0.15) is 0 Å². The van der Waals surface area contributed by atoms with E-state index < -0.39 is 0 Å². The Bertz CT molecular complexity index is 383. The van der Waals surface area contributed by atoms with Gasteiger partial charge in [-0.15, -0.1) is 11.3 Å². The first-order valence-electron chi connectivity index (χ1n) is 6.68. The average Bonchev–Trinajstić information content (AvgIpc) is 2.71. The summed E-state index contributed by atoms with van der Waals surface area (Å²) in [5, 5.41) is 3.71. The van der Waals surface area contributed by atoms with Crippen LogP contribution in [0, 0.1) is 6.92 Å². The van der Waals surface area contributed by atoms with Crippen LogP contribution in [0.4, 0.5) is 0 Å². The Balaban J connectivity index is 1.51. The van der Waals surface area contributed by atoms with Crippen molar-refractivity contribution in [2.45, 2.75) is 57.2 Å². The molecule has 2 fully saturated rings. The summed E-state index contributed by atoms with van der Waals surface area (Å²) >= 11 is 1.90. The van der Waals surface area contributed by atoms with Gasteiger partial charge in [0.25, 0.3) is 0 Å². The molecule has 0 amide bonds. The van der Waals surface area contributed by atoms with Crippen LogP contribution in [0.2, 0.25) is 0 Å². The Morgan fingerprint density at radius 2 is 2.35 bits per heavy atom. The van der Waals surface area contributed by atoms with E-state index in [0.717, 1.165) is 13.2 Å². The number of nitrogens with one attached hydrogen (secondary N) is 1. The highest BCUT2D eigenvalue weighted by Crippen LogP contribution is 2.42. The SMILES string of the molecule is Cc1ccc(CNC2CCOC3(CCC3)C2)s1. The molecule has 3 heteroatoms. The maximum absolute atomic E-state index is 5.95. The van der Waals surface area contributed by atoms with E-state index in [1.807, 2.05) is 11.3 Å². The molecular formula is C14H21NOS. The summed E-state index contributed by atoms with van der Waals surface area (Å²) in [5.74, 6) is 0. The first-order chi connectivity index (χ1) is 8.26. The van der Waals surface area contributed by atoms with Crippen molar-refractivity contribution in [2.75, 3.05) is 6.61 Å². The molecule has 1 aromatic rings. The minimum absolute atomic E-state index is 0.265. The molecule has 94 valence electrons. The van der Waals surface area contributed by atoms with E-state index >= 15 is 0 Å². The second-order valence-corrected chi connectivity index (χ2v) is 6.84. The molecule has 1 aliphatic carbocycles. The smallest absolute Gasteiger partial charge is 0.0697 e. The van der Waals surface area contributed by atoms with Gasteiger partial charge in [-0.2, -0.15) is 0 Å². The minimum atomic E-state index is 0.265. The topological polar surface area (TPSA) is 21.3 Å². The fourth-order valence-electron chi connectivity index (χ4n) is 2.95. The molecular weight excluding hydrogens is 230 g/mol. The molecule has 0 radical (unpaired) electrons. The highest BCUT2D eigenvalue weighted by atomic mass is 32.1. The first kappa shape index (κ1) is 11.7. The third-order valence-electron chi connectivity index (χ3n) is 4.12. The van der Waals surface area contributed by atoms with Crippen molar-refractivity contribution >= 4 is 11.3 Å². The first-order valence-corrected chi connectivity index (χ1v) is 7.50. The molecule has 1 saturated carbocycles. The Morgan fingerprint density at radius 1 is 1.47 bits per heavy atom. The van der Waals surface area contributed by atoms with Crippen LogP contribution in [-0.4, -0.2) is 18.2 Å². The molecule has 2 heterocycles. The zero-order valence-electron chi connectivity index (χ0n) is 10.5. The van der Waals surface area contributed by atoms with Gasteiger partial charge in [0, 0.05) is 28.9 Å². The van der Waals surface area contributed by atoms with Crippen molar-refractivity contribution in [2.24, 2.45) is 0 Å². The number of rotatable bonds is 3. The van der Waals surface area contributed by atoms with Crippen molar-refractivity contribution in [3.63, 3.8) is 0 Å². The van der Waals surface area contributed by atoms with Gasteiger partial charge in [-0.05, 0) is 51.2 Å². The lowest BCUT2D eigenvalue weighted by Gasteiger charge is -2.47. The van der Waals surface area contributed by atoms with Crippen LogP contribution in [0.3, 0.4) is 0 Å². The van der Waals surface area contributed by atoms with Crippen molar-refractivity contribution < 1.29 is 4.74 Å². The number of aryl methyl sites for hydroxylation is 1. The van der Waals surface area contributed by atoms with Crippen LogP contribution in [0.25, 0.3) is 0 Å². The molecule has 1 atom stereocenters. The van der Waals surface area contributed by atoms with Gasteiger partial charge in [0.15, 0.2) is 0 Å². The average molecular weight is 251 g/mol. The summed E-state index contributed by atoms with van der Waals surface area (Å²) in [6.07, 6.45) is 6.31. The summed E-state index contributed by atoms with van der Waals surface area (Å²) in [6, 6.07) is 5.11. The molecule has 1 N–H and O–H groups in total. The van der Waals surface area contributed by atoms with E-state index in [4.69, 9.17) is 4.74 Å². The predicted molar refractivity (Wildman–Crippen MR) is 71.5 cm³/mol. The minimum Gasteiger partial charge on any atom is -0.375 e. The Labute approximate surface area is 107 Å². The van der Waals surface area contributed by atoms with Gasteiger partial charge in [-0.25, -0.2) is 0 Å². The summed E-state index contributed by atoms with van der Waals surface area (Å²) in [4.78, 5) is 2.86. The second-order valence-electron chi connectivity index (χ2n) is 5.47. The van der Waals surface area contributed by atoms with E-state index in [1.54, 1.807) is 0 Å². The highest BCUT2D eigenvalue weighted by molar-refractivity contribution is 7.11. The van der Waals surface area contributed by atoms with Gasteiger partial charge in [0.05, 0.1) is 5.60 Å². The standard InChI is InChI=1S/C14H21NOS/c1-11-3-4-13(17-11)10-15-12-5-8-16-14(9-12)6-2-7-14/h3-4,12,15H,2,5-10H2,1H3. The fraction of sp³-hybridized carbons (Fsp3) is 0.714. The Morgan fingerprint density at radius 3 is 3.00 bits per heavy atom. The van der Waals surface area contributed by atoms with Crippen LogP contribution in [-0.2, 0) is 11.3 Å². The second kappa shape index (κ2) is 4.71. The summed E-state index contributed by atoms with van der Waals surface area (Å²) in [7, 11) is 0. The van der Waals surface area contributed by atoms with Crippen molar-refractivity contribution in [3.8, 4) is 0 Å². The molecule has 1 saturated heterocycles. The molecule has 1 unspecified atom stereocenters. The van der Waals surface area contributed by atoms with Crippen LogP contribution in [0.1, 0.15) is 41.9 Å². The lowest BCUT2D eigenvalue weighted by atomic mass is 9.74. The van der Waals surface area contributed by atoms with Crippen LogP contribution < -0.4 is 5.32 Å². The quantitative estimate of drug-likeness (QED) is 0.890. The third kappa shape index (κ3) is 2.56. The van der Waals surface area contributed by atoms with Gasteiger partial charge in [0.2, 0.25) is 0 Å². The van der Waals surface area contributed by atoms with Crippen molar-refractivity contribution in [1.82, 2.24) is 5.32 Å². The van der Waals surface area contributed by atoms with E-state index in [9.17, 15) is 0 Å². The molecule has 0 aromatic carbocycles. The monoisotopic (exact) mass is 251 g/mol. The van der Waals surface area contributed by atoms with Crippen LogP contribution in [0.5, 0.6) is 0 Å². The van der Waals surface area contributed by atoms with E-state index in [-0.39, 0.29) is 5.60 Å². The Kier molecular flexibility index (Phi) is 3.24. The Hall–Kier alpha value is -0.380. The van der Waals surface area contributed by atoms with E-state index in [0.29, 0.717) is 6.04 Å². The number of hydrogen-bond donors (Lipinski definition) is 1. The van der Waals surface area contributed by atoms with E-state index in [2.05, 4.69) is 24.4 Å². The zero-order valence-corrected chi connectivity index (χ0v) is 11.3. The lowest BCUT2D eigenvalue weighted by Crippen LogP contribution is -2.50. The van der Waals surface area contributed by atoms with Crippen LogP contribution >= 0.6 is 11.3 Å². The normalized spacial score (nSPS) is 27.0. The van der Waals surface area contributed by atoms with Gasteiger partial charge < -0.3 is 10.1 Å². The van der Waals surface area contributed by atoms with Gasteiger partial charge in [-0.1, -0.05) is 0 Å². The number of hydrogen-bond acceptors (Lipinski definition) is 3. The summed E-state index contributed by atoms with van der Waals surface area (Å²) in [6.45, 7) is 4.15. The molecule has 0 bridgehead atoms. The van der Waals surface area contributed by atoms with Gasteiger partial charge in [-0.3, -0.25) is 0 Å². The summed E-state index contributed by atoms with van der Waals surface area (Å²) < 4.78 is 5.95. The predicted octanol–water partition coefficient (Wildman–Crippen LogP) is 3.25. The highest BCUT2D eigenvalue weighted by Gasteiger charge is 2.42. The molecule has 2 aliphatic rings. The third-order valence-corrected chi connectivity index (χ3v) is 5.12. The van der Waals surface area contributed by atoms with Crippen molar-refractivity contribution in [3.05, 3.63) is 21.9 Å². The molecule has 3 rings (SSSR count). The number of thiophene rings is 1. The maximum atomic E-state index is 5.95. The molecule has 1 aliphatic heterocycles. The molecule has 17 heavy (non-hydrogen) atoms. The molecule has 1 aromatic heterocycles. The lowest BCUT2D eigenvalue weighted by molar-refractivity contribution is -0.135.